The third kappa shape index (κ3) is 6.05. The molecule has 0 aromatic carbocycles. The number of halogens is 3. The maximum absolute atomic E-state index is 11.6. The van der Waals surface area contributed by atoms with Crippen LogP contribution in [0.4, 0.5) is 13.2 Å². The molecule has 4 heteroatoms. The molecule has 0 saturated carbocycles. The minimum atomic E-state index is -4.10. The van der Waals surface area contributed by atoms with Crippen LogP contribution in [0.25, 0.3) is 0 Å². The fourth-order valence-electron chi connectivity index (χ4n) is 0.709. The predicted octanol–water partition coefficient (Wildman–Crippen LogP) is 1.94. The molecule has 12 heavy (non-hydrogen) atoms. The van der Waals surface area contributed by atoms with Crippen LogP contribution in [-0.2, 0) is 0 Å². The molecule has 0 radical (unpaired) electrons. The van der Waals surface area contributed by atoms with E-state index in [1.165, 1.54) is 0 Å². The van der Waals surface area contributed by atoms with E-state index in [4.69, 9.17) is 6.42 Å². The van der Waals surface area contributed by atoms with E-state index < -0.39 is 12.6 Å². The van der Waals surface area contributed by atoms with Gasteiger partial charge in [0.1, 0.15) is 0 Å². The second-order valence-corrected chi connectivity index (χ2v) is 2.45. The third-order valence-electron chi connectivity index (χ3n) is 1.41. The van der Waals surface area contributed by atoms with Crippen LogP contribution >= 0.6 is 0 Å². The van der Waals surface area contributed by atoms with E-state index in [-0.39, 0.29) is 12.6 Å². The van der Waals surface area contributed by atoms with Crippen molar-refractivity contribution >= 4 is 0 Å². The van der Waals surface area contributed by atoms with Gasteiger partial charge in [-0.05, 0) is 6.42 Å². The van der Waals surface area contributed by atoms with Gasteiger partial charge < -0.3 is 5.32 Å². The van der Waals surface area contributed by atoms with E-state index in [9.17, 15) is 13.2 Å². The van der Waals surface area contributed by atoms with Gasteiger partial charge in [-0.1, -0.05) is 12.8 Å². The van der Waals surface area contributed by atoms with Crippen LogP contribution in [0.5, 0.6) is 0 Å². The molecular formula is C8H12F3N. The van der Waals surface area contributed by atoms with Crippen molar-refractivity contribution in [3.05, 3.63) is 0 Å². The topological polar surface area (TPSA) is 12.0 Å². The molecule has 0 saturated heterocycles. The van der Waals surface area contributed by atoms with Crippen LogP contribution in [0.1, 0.15) is 19.8 Å². The Bertz CT molecular complexity index is 157. The zero-order valence-corrected chi connectivity index (χ0v) is 6.91. The summed E-state index contributed by atoms with van der Waals surface area (Å²) in [7, 11) is 0. The lowest BCUT2D eigenvalue weighted by atomic mass is 10.2. The van der Waals surface area contributed by atoms with Crippen molar-refractivity contribution in [3.8, 4) is 12.3 Å². The van der Waals surface area contributed by atoms with Crippen molar-refractivity contribution < 1.29 is 13.2 Å². The molecule has 0 aromatic rings. The van der Waals surface area contributed by atoms with Gasteiger partial charge in [0.05, 0.1) is 12.5 Å². The van der Waals surface area contributed by atoms with E-state index in [0.29, 0.717) is 6.42 Å². The zero-order chi connectivity index (χ0) is 9.61. The van der Waals surface area contributed by atoms with Gasteiger partial charge in [-0.2, -0.15) is 13.2 Å². The first-order valence-corrected chi connectivity index (χ1v) is 3.76. The Morgan fingerprint density at radius 3 is 2.42 bits per heavy atom. The standard InChI is InChI=1S/C8H12F3N/c1-3-7(4-2)12-6-5-8(9,10)11/h1,7,12H,4-6H2,2H3. The SMILES string of the molecule is C#CC(CC)NCCC(F)(F)F. The molecule has 0 fully saturated rings. The van der Waals surface area contributed by atoms with Crippen LogP contribution in [0.2, 0.25) is 0 Å². The Balaban J connectivity index is 3.50. The fourth-order valence-corrected chi connectivity index (χ4v) is 0.709. The van der Waals surface area contributed by atoms with E-state index in [1.54, 1.807) is 0 Å². The molecule has 1 nitrogen and oxygen atoms in total. The largest absolute Gasteiger partial charge is 0.390 e. The highest BCUT2D eigenvalue weighted by Crippen LogP contribution is 2.18. The normalized spacial score (nSPS) is 13.9. The fraction of sp³-hybridized carbons (Fsp3) is 0.750. The van der Waals surface area contributed by atoms with Crippen LogP contribution < -0.4 is 5.32 Å². The lowest BCUT2D eigenvalue weighted by Gasteiger charge is -2.11. The summed E-state index contributed by atoms with van der Waals surface area (Å²) >= 11 is 0. The summed E-state index contributed by atoms with van der Waals surface area (Å²) in [5.74, 6) is 2.36. The molecule has 0 heterocycles. The molecule has 0 amide bonds. The molecule has 70 valence electrons. The lowest BCUT2D eigenvalue weighted by molar-refractivity contribution is -0.133. The molecule has 0 rings (SSSR count). The van der Waals surface area contributed by atoms with Crippen LogP contribution in [0, 0.1) is 12.3 Å². The Hall–Kier alpha value is -0.690. The van der Waals surface area contributed by atoms with Gasteiger partial charge >= 0.3 is 6.18 Å². The van der Waals surface area contributed by atoms with Crippen molar-refractivity contribution in [2.75, 3.05) is 6.54 Å². The molecule has 1 N–H and O–H groups in total. The van der Waals surface area contributed by atoms with Gasteiger partial charge in [-0.15, -0.1) is 6.42 Å². The van der Waals surface area contributed by atoms with Gasteiger partial charge in [-0.3, -0.25) is 0 Å². The van der Waals surface area contributed by atoms with Gasteiger partial charge in [0.25, 0.3) is 0 Å². The smallest absolute Gasteiger partial charge is 0.303 e. The quantitative estimate of drug-likeness (QED) is 0.650. The summed E-state index contributed by atoms with van der Waals surface area (Å²) in [5.41, 5.74) is 0. The van der Waals surface area contributed by atoms with Crippen molar-refractivity contribution in [3.63, 3.8) is 0 Å². The molecule has 0 aliphatic heterocycles. The minimum absolute atomic E-state index is 0.105. The summed E-state index contributed by atoms with van der Waals surface area (Å²) < 4.78 is 34.9. The van der Waals surface area contributed by atoms with E-state index >= 15 is 0 Å². The predicted molar refractivity (Wildman–Crippen MR) is 41.6 cm³/mol. The first-order valence-electron chi connectivity index (χ1n) is 3.76. The maximum atomic E-state index is 11.6. The molecule has 0 aliphatic rings. The number of hydrogen-bond acceptors (Lipinski definition) is 1. The second-order valence-electron chi connectivity index (χ2n) is 2.45. The van der Waals surface area contributed by atoms with Gasteiger partial charge in [0.2, 0.25) is 0 Å². The summed E-state index contributed by atoms with van der Waals surface area (Å²) in [6.45, 7) is 1.72. The summed E-state index contributed by atoms with van der Waals surface area (Å²) in [4.78, 5) is 0. The second kappa shape index (κ2) is 5.04. The summed E-state index contributed by atoms with van der Waals surface area (Å²) in [5, 5.41) is 2.62. The number of terminal acetylenes is 1. The van der Waals surface area contributed by atoms with E-state index in [1.807, 2.05) is 6.92 Å². The van der Waals surface area contributed by atoms with Crippen LogP contribution in [0.15, 0.2) is 0 Å². The van der Waals surface area contributed by atoms with Gasteiger partial charge in [0, 0.05) is 6.54 Å². The number of rotatable bonds is 4. The third-order valence-corrected chi connectivity index (χ3v) is 1.41. The Morgan fingerprint density at radius 1 is 1.50 bits per heavy atom. The molecule has 0 aliphatic carbocycles. The van der Waals surface area contributed by atoms with E-state index in [0.717, 1.165) is 0 Å². The minimum Gasteiger partial charge on any atom is -0.303 e. The van der Waals surface area contributed by atoms with Crippen LogP contribution in [0.3, 0.4) is 0 Å². The Morgan fingerprint density at radius 2 is 2.08 bits per heavy atom. The highest BCUT2D eigenvalue weighted by atomic mass is 19.4. The van der Waals surface area contributed by atoms with Crippen molar-refractivity contribution in [1.29, 1.82) is 0 Å². The van der Waals surface area contributed by atoms with Gasteiger partial charge in [0.15, 0.2) is 0 Å². The summed E-state index contributed by atoms with van der Waals surface area (Å²) in [6, 6.07) is -0.243. The number of nitrogens with one attached hydrogen (secondary N) is 1. The molecular weight excluding hydrogens is 167 g/mol. The number of hydrogen-bond donors (Lipinski definition) is 1. The molecule has 0 bridgehead atoms. The zero-order valence-electron chi connectivity index (χ0n) is 6.91. The average molecular weight is 179 g/mol. The monoisotopic (exact) mass is 179 g/mol. The highest BCUT2D eigenvalue weighted by molar-refractivity contribution is 4.97. The van der Waals surface area contributed by atoms with Crippen LogP contribution in [-0.4, -0.2) is 18.8 Å². The molecule has 0 spiro atoms. The lowest BCUT2D eigenvalue weighted by Crippen LogP contribution is -2.30. The summed E-state index contributed by atoms with van der Waals surface area (Å²) in [6.07, 6.45) is 0.761. The Kier molecular flexibility index (Phi) is 4.75. The average Bonchev–Trinajstić information content (AvgIpc) is 1.96. The first-order chi connectivity index (χ1) is 5.49. The highest BCUT2D eigenvalue weighted by Gasteiger charge is 2.26. The first kappa shape index (κ1) is 11.3. The van der Waals surface area contributed by atoms with Gasteiger partial charge in [-0.25, -0.2) is 0 Å². The molecule has 0 aromatic heterocycles. The van der Waals surface area contributed by atoms with Crippen molar-refractivity contribution in [2.45, 2.75) is 32.0 Å². The van der Waals surface area contributed by atoms with E-state index in [2.05, 4.69) is 11.2 Å². The van der Waals surface area contributed by atoms with Crippen molar-refractivity contribution in [1.82, 2.24) is 5.32 Å². The maximum Gasteiger partial charge on any atom is 0.390 e. The Labute approximate surface area is 70.3 Å². The van der Waals surface area contributed by atoms with Crippen molar-refractivity contribution in [2.24, 2.45) is 0 Å². The molecule has 1 unspecified atom stereocenters. The number of alkyl halides is 3. The molecule has 1 atom stereocenters.